The summed E-state index contributed by atoms with van der Waals surface area (Å²) >= 11 is 0. The van der Waals surface area contributed by atoms with Crippen molar-refractivity contribution < 1.29 is 37.0 Å². The zero-order chi connectivity index (χ0) is 19.7. The van der Waals surface area contributed by atoms with Crippen molar-refractivity contribution >= 4 is 12.1 Å². The minimum absolute atomic E-state index is 0.0278. The Labute approximate surface area is 151 Å². The third kappa shape index (κ3) is 3.61. The number of ether oxygens (including phenoxy) is 2. The number of methoxy groups -OCH3 is 1. The summed E-state index contributed by atoms with van der Waals surface area (Å²) in [6.07, 6.45) is -5.09. The number of carbonyl (C=O) groups excluding carboxylic acids is 1. The lowest BCUT2D eigenvalue weighted by Crippen LogP contribution is -2.56. The Hall–Kier alpha value is -3.01. The Bertz CT molecular complexity index is 847. The molecule has 0 fully saturated rings. The number of halogens is 3. The van der Waals surface area contributed by atoms with Gasteiger partial charge in [-0.3, -0.25) is 4.79 Å². The first kappa shape index (κ1) is 18.8. The first-order valence-electron chi connectivity index (χ1n) is 7.76. The highest BCUT2D eigenvalue weighted by atomic mass is 19.4. The van der Waals surface area contributed by atoms with Crippen LogP contribution in [0.15, 0.2) is 45.9 Å². The van der Waals surface area contributed by atoms with Crippen molar-refractivity contribution in [2.24, 2.45) is 5.10 Å². The molecule has 1 aliphatic rings. The maximum Gasteiger partial charge on any atom is 0.438 e. The summed E-state index contributed by atoms with van der Waals surface area (Å²) in [4.78, 5) is 12.3. The van der Waals surface area contributed by atoms with E-state index in [2.05, 4.69) is 5.10 Å². The van der Waals surface area contributed by atoms with Gasteiger partial charge in [0, 0.05) is 12.6 Å². The zero-order valence-electron chi connectivity index (χ0n) is 14.1. The quantitative estimate of drug-likeness (QED) is 0.857. The van der Waals surface area contributed by atoms with Gasteiger partial charge in [-0.15, -0.1) is 0 Å². The molecule has 0 saturated carbocycles. The van der Waals surface area contributed by atoms with E-state index in [1.165, 1.54) is 19.2 Å². The normalized spacial score (nSPS) is 19.4. The summed E-state index contributed by atoms with van der Waals surface area (Å²) in [6, 6.07) is 9.29. The van der Waals surface area contributed by atoms with Gasteiger partial charge in [0.2, 0.25) is 0 Å². The Morgan fingerprint density at radius 2 is 1.93 bits per heavy atom. The van der Waals surface area contributed by atoms with E-state index in [9.17, 15) is 23.1 Å². The summed E-state index contributed by atoms with van der Waals surface area (Å²) in [5.74, 6) is -0.232. The number of amides is 1. The molecule has 1 aliphatic heterocycles. The largest absolute Gasteiger partial charge is 0.497 e. The van der Waals surface area contributed by atoms with Gasteiger partial charge in [0.25, 0.3) is 5.72 Å². The van der Waals surface area contributed by atoms with Crippen molar-refractivity contribution in [2.75, 3.05) is 7.11 Å². The zero-order valence-corrected chi connectivity index (χ0v) is 14.1. The number of hydrazone groups is 1. The fraction of sp³-hybridized carbons (Fsp3) is 0.294. The monoisotopic (exact) mass is 384 g/mol. The lowest BCUT2D eigenvalue weighted by molar-refractivity contribution is -0.297. The van der Waals surface area contributed by atoms with Crippen LogP contribution < -0.4 is 9.47 Å². The Balaban J connectivity index is 1.68. The molecule has 3 rings (SSSR count). The van der Waals surface area contributed by atoms with Crippen molar-refractivity contribution in [3.63, 3.8) is 0 Å². The molecule has 2 heterocycles. The first-order valence-corrected chi connectivity index (χ1v) is 7.76. The second-order valence-electron chi connectivity index (χ2n) is 5.66. The molecule has 1 amide bonds. The highest BCUT2D eigenvalue weighted by Gasteiger charge is 2.61. The van der Waals surface area contributed by atoms with Gasteiger partial charge in [0.05, 0.1) is 7.11 Å². The second kappa shape index (κ2) is 6.95. The SMILES string of the molecule is COc1ccc(OCc2ccc(C(=O)N3N=CC[C@]3(O)C(F)(F)F)o2)cc1. The topological polar surface area (TPSA) is 84.5 Å². The molecule has 7 nitrogen and oxygen atoms in total. The molecule has 27 heavy (non-hydrogen) atoms. The molecule has 0 bridgehead atoms. The van der Waals surface area contributed by atoms with Crippen LogP contribution in [0, 0.1) is 0 Å². The van der Waals surface area contributed by atoms with E-state index in [4.69, 9.17) is 13.9 Å². The van der Waals surface area contributed by atoms with Gasteiger partial charge in [0.15, 0.2) is 5.76 Å². The number of aliphatic hydroxyl groups is 1. The molecule has 1 aromatic heterocycles. The van der Waals surface area contributed by atoms with E-state index in [-0.39, 0.29) is 17.4 Å². The number of hydrogen-bond donors (Lipinski definition) is 1. The predicted molar refractivity (Wildman–Crippen MR) is 86.3 cm³/mol. The summed E-state index contributed by atoms with van der Waals surface area (Å²) in [6.45, 7) is -0.0492. The third-order valence-electron chi connectivity index (χ3n) is 3.88. The first-order chi connectivity index (χ1) is 12.7. The number of alkyl halides is 3. The van der Waals surface area contributed by atoms with E-state index in [1.54, 1.807) is 24.3 Å². The number of hydrogen-bond acceptors (Lipinski definition) is 6. The summed E-state index contributed by atoms with van der Waals surface area (Å²) in [7, 11) is 1.53. The van der Waals surface area contributed by atoms with E-state index in [1.807, 2.05) is 0 Å². The van der Waals surface area contributed by atoms with E-state index >= 15 is 0 Å². The summed E-state index contributed by atoms with van der Waals surface area (Å²) < 4.78 is 54.9. The number of rotatable bonds is 5. The average Bonchev–Trinajstić information content (AvgIpc) is 3.27. The van der Waals surface area contributed by atoms with Crippen LogP contribution in [0.5, 0.6) is 11.5 Å². The molecule has 1 N–H and O–H groups in total. The maximum atomic E-state index is 13.1. The molecule has 0 saturated heterocycles. The van der Waals surface area contributed by atoms with Gasteiger partial charge in [-0.05, 0) is 36.4 Å². The van der Waals surface area contributed by atoms with E-state index < -0.39 is 30.0 Å². The average molecular weight is 384 g/mol. The van der Waals surface area contributed by atoms with Gasteiger partial charge in [-0.2, -0.15) is 23.3 Å². The minimum Gasteiger partial charge on any atom is -0.497 e. The van der Waals surface area contributed by atoms with Crippen LogP contribution in [0.3, 0.4) is 0 Å². The molecule has 2 aromatic rings. The van der Waals surface area contributed by atoms with Gasteiger partial charge in [-0.25, -0.2) is 0 Å². The van der Waals surface area contributed by atoms with Crippen molar-refractivity contribution in [1.82, 2.24) is 5.01 Å². The fourth-order valence-corrected chi connectivity index (χ4v) is 2.39. The molecule has 0 aliphatic carbocycles. The number of benzene rings is 1. The lowest BCUT2D eigenvalue weighted by Gasteiger charge is -2.31. The molecule has 0 radical (unpaired) electrons. The van der Waals surface area contributed by atoms with Crippen LogP contribution in [-0.4, -0.2) is 41.2 Å². The second-order valence-corrected chi connectivity index (χ2v) is 5.66. The van der Waals surface area contributed by atoms with Crippen LogP contribution >= 0.6 is 0 Å². The highest BCUT2D eigenvalue weighted by molar-refractivity contribution is 5.93. The summed E-state index contributed by atoms with van der Waals surface area (Å²) in [5, 5.41) is 13.1. The van der Waals surface area contributed by atoms with Crippen LogP contribution in [0.1, 0.15) is 22.7 Å². The van der Waals surface area contributed by atoms with Crippen LogP contribution in [-0.2, 0) is 6.61 Å². The summed E-state index contributed by atoms with van der Waals surface area (Å²) in [5.41, 5.74) is -3.39. The molecule has 0 unspecified atom stereocenters. The number of nitrogens with zero attached hydrogens (tertiary/aromatic N) is 2. The fourth-order valence-electron chi connectivity index (χ4n) is 2.39. The molecule has 144 valence electrons. The van der Waals surface area contributed by atoms with E-state index in [0.29, 0.717) is 11.5 Å². The molecule has 1 aromatic carbocycles. The maximum absolute atomic E-state index is 13.1. The molecular formula is C17H15F3N2O5. The van der Waals surface area contributed by atoms with Crippen LogP contribution in [0.4, 0.5) is 13.2 Å². The number of carbonyl (C=O) groups is 1. The van der Waals surface area contributed by atoms with Gasteiger partial charge < -0.3 is 19.0 Å². The molecule has 10 heteroatoms. The number of furan rings is 1. The van der Waals surface area contributed by atoms with Crippen molar-refractivity contribution in [2.45, 2.75) is 24.9 Å². The third-order valence-corrected chi connectivity index (χ3v) is 3.88. The molecule has 1 atom stereocenters. The Kier molecular flexibility index (Phi) is 4.83. The predicted octanol–water partition coefficient (Wildman–Crippen LogP) is 2.95. The van der Waals surface area contributed by atoms with Crippen molar-refractivity contribution in [1.29, 1.82) is 0 Å². The lowest BCUT2D eigenvalue weighted by atomic mass is 10.1. The van der Waals surface area contributed by atoms with Gasteiger partial charge in [0.1, 0.15) is 23.9 Å². The van der Waals surface area contributed by atoms with Crippen LogP contribution in [0.25, 0.3) is 0 Å². The van der Waals surface area contributed by atoms with Crippen molar-refractivity contribution in [3.05, 3.63) is 47.9 Å². The molecule has 0 spiro atoms. The smallest absolute Gasteiger partial charge is 0.438 e. The van der Waals surface area contributed by atoms with Gasteiger partial charge in [-0.1, -0.05) is 0 Å². The van der Waals surface area contributed by atoms with E-state index in [0.717, 1.165) is 6.21 Å². The van der Waals surface area contributed by atoms with Gasteiger partial charge >= 0.3 is 12.1 Å². The highest BCUT2D eigenvalue weighted by Crippen LogP contribution is 2.39. The standard InChI is InChI=1S/C17H15F3N2O5/c1-25-11-2-4-12(5-3-11)26-10-13-6-7-14(27-13)15(23)22-16(24,8-9-21-22)17(18,19)20/h2-7,9,24H,8,10H2,1H3/t16-/m0/s1. The van der Waals surface area contributed by atoms with Crippen LogP contribution in [0.2, 0.25) is 0 Å². The minimum atomic E-state index is -5.06. The Morgan fingerprint density at radius 1 is 1.26 bits per heavy atom. The molecular weight excluding hydrogens is 369 g/mol. The van der Waals surface area contributed by atoms with Crippen molar-refractivity contribution in [3.8, 4) is 11.5 Å². The Morgan fingerprint density at radius 3 is 2.56 bits per heavy atom.